The maximum atomic E-state index is 14.6. The molecule has 1 saturated heterocycles. The number of carbonyl (C=O) groups is 1. The fourth-order valence-corrected chi connectivity index (χ4v) is 3.85. The van der Waals surface area contributed by atoms with Crippen LogP contribution in [0.25, 0.3) is 11.0 Å². The van der Waals surface area contributed by atoms with Gasteiger partial charge in [0.05, 0.1) is 30.8 Å². The second-order valence-corrected chi connectivity index (χ2v) is 7.34. The van der Waals surface area contributed by atoms with Gasteiger partial charge in [-0.1, -0.05) is 30.3 Å². The van der Waals surface area contributed by atoms with Crippen LogP contribution in [0.4, 0.5) is 4.39 Å². The van der Waals surface area contributed by atoms with E-state index in [1.54, 1.807) is 30.1 Å². The topological polar surface area (TPSA) is 50.6 Å². The minimum Gasteiger partial charge on any atom is -0.379 e. The van der Waals surface area contributed by atoms with Gasteiger partial charge in [-0.25, -0.2) is 9.37 Å². The van der Waals surface area contributed by atoms with E-state index < -0.39 is 6.04 Å². The first-order chi connectivity index (χ1) is 14.1. The lowest BCUT2D eigenvalue weighted by Gasteiger charge is -2.36. The van der Waals surface area contributed by atoms with E-state index in [1.165, 1.54) is 6.07 Å². The Morgan fingerprint density at radius 2 is 1.86 bits per heavy atom. The summed E-state index contributed by atoms with van der Waals surface area (Å²) >= 11 is 0. The molecule has 4 rings (SSSR count). The van der Waals surface area contributed by atoms with Gasteiger partial charge in [0.2, 0.25) is 5.91 Å². The van der Waals surface area contributed by atoms with Crippen molar-refractivity contribution < 1.29 is 13.9 Å². The minimum absolute atomic E-state index is 0.149. The molecule has 1 amide bonds. The number of hydrogen-bond donors (Lipinski definition) is 0. The molecule has 1 aliphatic rings. The Balaban J connectivity index is 1.62. The fourth-order valence-electron chi connectivity index (χ4n) is 3.85. The van der Waals surface area contributed by atoms with Gasteiger partial charge in [-0.15, -0.1) is 0 Å². The van der Waals surface area contributed by atoms with Crippen molar-refractivity contribution in [3.63, 3.8) is 0 Å². The Hall–Kier alpha value is -2.77. The van der Waals surface area contributed by atoms with E-state index in [1.807, 2.05) is 40.8 Å². The van der Waals surface area contributed by atoms with E-state index in [9.17, 15) is 9.18 Å². The highest BCUT2D eigenvalue weighted by Crippen LogP contribution is 2.27. The molecular weight excluding hydrogens is 371 g/mol. The zero-order valence-corrected chi connectivity index (χ0v) is 16.7. The average Bonchev–Trinajstić information content (AvgIpc) is 3.06. The monoisotopic (exact) mass is 396 g/mol. The molecule has 2 aromatic carbocycles. The number of likely N-dealkylation sites (N-methyl/N-ethyl adjacent to an activating group) is 1. The first-order valence-electron chi connectivity index (χ1n) is 9.78. The van der Waals surface area contributed by atoms with Crippen molar-refractivity contribution in [1.82, 2.24) is 19.4 Å². The number of rotatable bonds is 5. The average molecular weight is 396 g/mol. The van der Waals surface area contributed by atoms with Crippen LogP contribution < -0.4 is 0 Å². The fraction of sp³-hybridized carbons (Fsp3) is 0.364. The number of imidazole rings is 1. The van der Waals surface area contributed by atoms with Gasteiger partial charge in [-0.05, 0) is 18.2 Å². The van der Waals surface area contributed by atoms with E-state index in [4.69, 9.17) is 4.74 Å². The predicted molar refractivity (Wildman–Crippen MR) is 109 cm³/mol. The third-order valence-electron chi connectivity index (χ3n) is 5.48. The van der Waals surface area contributed by atoms with Gasteiger partial charge < -0.3 is 14.2 Å². The maximum absolute atomic E-state index is 14.6. The van der Waals surface area contributed by atoms with Crippen molar-refractivity contribution in [2.24, 2.45) is 7.05 Å². The maximum Gasteiger partial charge on any atom is 0.244 e. The highest BCUT2D eigenvalue weighted by atomic mass is 19.1. The van der Waals surface area contributed by atoms with Gasteiger partial charge in [0.1, 0.15) is 17.7 Å². The number of nitrogens with zero attached hydrogens (tertiary/aromatic N) is 4. The smallest absolute Gasteiger partial charge is 0.244 e. The lowest BCUT2D eigenvalue weighted by molar-refractivity contribution is -0.138. The molecule has 0 aliphatic carbocycles. The van der Waals surface area contributed by atoms with Gasteiger partial charge in [-0.2, -0.15) is 0 Å². The molecule has 1 aliphatic heterocycles. The molecule has 2 heterocycles. The quantitative estimate of drug-likeness (QED) is 0.666. The lowest BCUT2D eigenvalue weighted by atomic mass is 10.0. The van der Waals surface area contributed by atoms with Gasteiger partial charge in [0.15, 0.2) is 0 Å². The Labute approximate surface area is 169 Å². The molecule has 7 heteroatoms. The molecule has 1 fully saturated rings. The second kappa shape index (κ2) is 8.31. The summed E-state index contributed by atoms with van der Waals surface area (Å²) in [6, 6.07) is 13.7. The number of aromatic nitrogens is 2. The number of morpholine rings is 1. The zero-order chi connectivity index (χ0) is 20.4. The molecule has 29 heavy (non-hydrogen) atoms. The van der Waals surface area contributed by atoms with Gasteiger partial charge in [-0.3, -0.25) is 9.69 Å². The van der Waals surface area contributed by atoms with E-state index in [0.29, 0.717) is 38.4 Å². The summed E-state index contributed by atoms with van der Waals surface area (Å²) in [4.78, 5) is 21.8. The summed E-state index contributed by atoms with van der Waals surface area (Å²) in [6.07, 6.45) is 0. The molecule has 1 atom stereocenters. The Bertz CT molecular complexity index is 1010. The predicted octanol–water partition coefficient (Wildman–Crippen LogP) is 2.74. The van der Waals surface area contributed by atoms with Crippen LogP contribution in [0.3, 0.4) is 0 Å². The SMILES string of the molecule is CN(Cc1nc2ccccc2n1C)C(=O)C(c1ccccc1F)N1CCOCC1. The number of para-hydroxylation sites is 2. The van der Waals surface area contributed by atoms with Crippen LogP contribution in [0.15, 0.2) is 48.5 Å². The number of carbonyl (C=O) groups excluding carboxylic acids is 1. The summed E-state index contributed by atoms with van der Waals surface area (Å²) in [5.74, 6) is 0.272. The van der Waals surface area contributed by atoms with Gasteiger partial charge in [0.25, 0.3) is 0 Å². The Morgan fingerprint density at radius 3 is 2.59 bits per heavy atom. The lowest BCUT2D eigenvalue weighted by Crippen LogP contribution is -2.46. The first-order valence-corrected chi connectivity index (χ1v) is 9.78. The van der Waals surface area contributed by atoms with Crippen molar-refractivity contribution in [3.05, 3.63) is 65.7 Å². The molecule has 3 aromatic rings. The summed E-state index contributed by atoms with van der Waals surface area (Å²) in [6.45, 7) is 2.59. The van der Waals surface area contributed by atoms with Gasteiger partial charge >= 0.3 is 0 Å². The van der Waals surface area contributed by atoms with E-state index in [-0.39, 0.29) is 11.7 Å². The summed E-state index contributed by atoms with van der Waals surface area (Å²) in [5, 5.41) is 0. The first kappa shape index (κ1) is 19.5. The number of hydrogen-bond acceptors (Lipinski definition) is 4. The van der Waals surface area contributed by atoms with Crippen LogP contribution >= 0.6 is 0 Å². The number of halogens is 1. The molecule has 0 N–H and O–H groups in total. The van der Waals surface area contributed by atoms with Crippen LogP contribution in [0.1, 0.15) is 17.4 Å². The Kier molecular flexibility index (Phi) is 5.60. The molecule has 6 nitrogen and oxygen atoms in total. The van der Waals surface area contributed by atoms with Gasteiger partial charge in [0, 0.05) is 32.7 Å². The molecule has 0 radical (unpaired) electrons. The van der Waals surface area contributed by atoms with Crippen molar-refractivity contribution in [3.8, 4) is 0 Å². The number of benzene rings is 2. The molecule has 0 bridgehead atoms. The molecular formula is C22H25FN4O2. The van der Waals surface area contributed by atoms with Crippen LogP contribution in [-0.2, 0) is 23.1 Å². The number of aryl methyl sites for hydroxylation is 1. The molecule has 1 unspecified atom stereocenters. The van der Waals surface area contributed by atoms with Crippen LogP contribution in [0, 0.1) is 5.82 Å². The van der Waals surface area contributed by atoms with Crippen molar-refractivity contribution in [1.29, 1.82) is 0 Å². The summed E-state index contributed by atoms with van der Waals surface area (Å²) in [7, 11) is 3.69. The zero-order valence-electron chi connectivity index (χ0n) is 16.7. The summed E-state index contributed by atoms with van der Waals surface area (Å²) < 4.78 is 22.0. The van der Waals surface area contributed by atoms with Crippen LogP contribution in [0.5, 0.6) is 0 Å². The van der Waals surface area contributed by atoms with Crippen LogP contribution in [0.2, 0.25) is 0 Å². The van der Waals surface area contributed by atoms with Crippen molar-refractivity contribution >= 4 is 16.9 Å². The number of amides is 1. The third-order valence-corrected chi connectivity index (χ3v) is 5.48. The van der Waals surface area contributed by atoms with Crippen LogP contribution in [-0.4, -0.2) is 58.6 Å². The van der Waals surface area contributed by atoms with Crippen molar-refractivity contribution in [2.45, 2.75) is 12.6 Å². The standard InChI is InChI=1S/C22H25FN4O2/c1-25(15-20-24-18-9-5-6-10-19(18)26(20)2)22(28)21(27-11-13-29-14-12-27)16-7-3-4-8-17(16)23/h3-10,21H,11-15H2,1-2H3. The number of fused-ring (bicyclic) bond motifs is 1. The molecule has 1 aromatic heterocycles. The normalized spacial score (nSPS) is 16.1. The second-order valence-electron chi connectivity index (χ2n) is 7.34. The summed E-state index contributed by atoms with van der Waals surface area (Å²) in [5.41, 5.74) is 2.31. The largest absolute Gasteiger partial charge is 0.379 e. The van der Waals surface area contributed by atoms with E-state index in [2.05, 4.69) is 4.98 Å². The molecule has 0 saturated carbocycles. The number of ether oxygens (including phenoxy) is 1. The molecule has 0 spiro atoms. The Morgan fingerprint density at radius 1 is 1.17 bits per heavy atom. The van der Waals surface area contributed by atoms with E-state index in [0.717, 1.165) is 16.9 Å². The highest BCUT2D eigenvalue weighted by molar-refractivity contribution is 5.83. The highest BCUT2D eigenvalue weighted by Gasteiger charge is 2.33. The van der Waals surface area contributed by atoms with E-state index >= 15 is 0 Å². The minimum atomic E-state index is -0.681. The molecule has 152 valence electrons. The van der Waals surface area contributed by atoms with Crippen molar-refractivity contribution in [2.75, 3.05) is 33.4 Å². The third kappa shape index (κ3) is 3.88.